The molecule has 2 aromatic rings. The lowest BCUT2D eigenvalue weighted by molar-refractivity contribution is 0.0913. The molecule has 3 rings (SSSR count). The van der Waals surface area contributed by atoms with Gasteiger partial charge in [-0.1, -0.05) is 6.08 Å². The molecule has 5 heteroatoms. The van der Waals surface area contributed by atoms with E-state index in [9.17, 15) is 4.79 Å². The highest BCUT2D eigenvalue weighted by Crippen LogP contribution is 2.19. The molecule has 0 aliphatic carbocycles. The zero-order valence-electron chi connectivity index (χ0n) is 14.0. The molecule has 0 atom stereocenters. The van der Waals surface area contributed by atoms with Crippen LogP contribution in [0.2, 0.25) is 0 Å². The lowest BCUT2D eigenvalue weighted by Gasteiger charge is -2.31. The fourth-order valence-corrected chi connectivity index (χ4v) is 3.07. The molecule has 3 heterocycles. The van der Waals surface area contributed by atoms with E-state index in [1.807, 2.05) is 37.3 Å². The smallest absolute Gasteiger partial charge is 0.253 e. The van der Waals surface area contributed by atoms with Crippen LogP contribution >= 0.6 is 0 Å². The predicted molar refractivity (Wildman–Crippen MR) is 93.8 cm³/mol. The van der Waals surface area contributed by atoms with Crippen molar-refractivity contribution in [3.05, 3.63) is 54.4 Å². The monoisotopic (exact) mass is 325 g/mol. The molecular formula is C19H23N3O2. The van der Waals surface area contributed by atoms with Crippen LogP contribution in [0.3, 0.4) is 0 Å². The van der Waals surface area contributed by atoms with Crippen LogP contribution in [-0.2, 0) is 0 Å². The number of hydrogen-bond donors (Lipinski definition) is 1. The SMILES string of the molecule is C=CCN1CCC(NC(=O)c2ccc(-c3ccco3)nc2C)CC1. The molecule has 1 aliphatic heterocycles. The van der Waals surface area contributed by atoms with Crippen LogP contribution in [0.15, 0.2) is 47.6 Å². The number of aryl methyl sites for hydroxylation is 1. The lowest BCUT2D eigenvalue weighted by atomic mass is 10.0. The third-order valence-electron chi connectivity index (χ3n) is 4.41. The molecule has 126 valence electrons. The van der Waals surface area contributed by atoms with Crippen LogP contribution < -0.4 is 5.32 Å². The van der Waals surface area contributed by atoms with Gasteiger partial charge in [-0.2, -0.15) is 0 Å². The Balaban J connectivity index is 1.62. The molecule has 0 spiro atoms. The zero-order chi connectivity index (χ0) is 16.9. The van der Waals surface area contributed by atoms with Crippen LogP contribution in [0.4, 0.5) is 0 Å². The van der Waals surface area contributed by atoms with Gasteiger partial charge in [-0.25, -0.2) is 4.98 Å². The van der Waals surface area contributed by atoms with Gasteiger partial charge in [-0.05, 0) is 44.0 Å². The Morgan fingerprint density at radius 3 is 2.83 bits per heavy atom. The van der Waals surface area contributed by atoms with Crippen LogP contribution in [0.25, 0.3) is 11.5 Å². The summed E-state index contributed by atoms with van der Waals surface area (Å²) in [6, 6.07) is 7.56. The van der Waals surface area contributed by atoms with Gasteiger partial charge in [-0.15, -0.1) is 6.58 Å². The van der Waals surface area contributed by atoms with Crippen molar-refractivity contribution >= 4 is 5.91 Å². The van der Waals surface area contributed by atoms with Crippen LogP contribution in [0.5, 0.6) is 0 Å². The number of aromatic nitrogens is 1. The van der Waals surface area contributed by atoms with Crippen molar-refractivity contribution in [1.29, 1.82) is 0 Å². The average Bonchev–Trinajstić information content (AvgIpc) is 3.11. The molecular weight excluding hydrogens is 302 g/mol. The third-order valence-corrected chi connectivity index (χ3v) is 4.41. The number of likely N-dealkylation sites (tertiary alicyclic amines) is 1. The highest BCUT2D eigenvalue weighted by molar-refractivity contribution is 5.95. The summed E-state index contributed by atoms with van der Waals surface area (Å²) in [5, 5.41) is 3.14. The van der Waals surface area contributed by atoms with E-state index in [4.69, 9.17) is 4.42 Å². The molecule has 0 saturated carbocycles. The summed E-state index contributed by atoms with van der Waals surface area (Å²) in [6.45, 7) is 8.53. The van der Waals surface area contributed by atoms with E-state index in [0.29, 0.717) is 17.0 Å². The second-order valence-electron chi connectivity index (χ2n) is 6.14. The number of rotatable bonds is 5. The Bertz CT molecular complexity index is 701. The van der Waals surface area contributed by atoms with Gasteiger partial charge in [0.1, 0.15) is 5.69 Å². The van der Waals surface area contributed by atoms with Crippen molar-refractivity contribution in [3.8, 4) is 11.5 Å². The lowest BCUT2D eigenvalue weighted by Crippen LogP contribution is -2.44. The molecule has 0 aromatic carbocycles. The zero-order valence-corrected chi connectivity index (χ0v) is 14.0. The summed E-state index contributed by atoms with van der Waals surface area (Å²) in [4.78, 5) is 19.4. The minimum Gasteiger partial charge on any atom is -0.463 e. The van der Waals surface area contributed by atoms with E-state index in [1.54, 1.807) is 6.26 Å². The summed E-state index contributed by atoms with van der Waals surface area (Å²) in [6.07, 6.45) is 5.48. The summed E-state index contributed by atoms with van der Waals surface area (Å²) < 4.78 is 5.35. The standard InChI is InChI=1S/C19H23N3O2/c1-3-10-22-11-8-15(9-12-22)21-19(23)16-6-7-17(20-14(16)2)18-5-4-13-24-18/h3-7,13,15H,1,8-12H2,2H3,(H,21,23). The Kier molecular flexibility index (Phi) is 5.11. The van der Waals surface area contributed by atoms with Gasteiger partial charge >= 0.3 is 0 Å². The number of hydrogen-bond acceptors (Lipinski definition) is 4. The highest BCUT2D eigenvalue weighted by atomic mass is 16.3. The molecule has 1 amide bonds. The second kappa shape index (κ2) is 7.45. The predicted octanol–water partition coefficient (Wildman–Crippen LogP) is 3.03. The third kappa shape index (κ3) is 3.74. The fourth-order valence-electron chi connectivity index (χ4n) is 3.07. The summed E-state index contributed by atoms with van der Waals surface area (Å²) in [7, 11) is 0. The average molecular weight is 325 g/mol. The first-order valence-corrected chi connectivity index (χ1v) is 8.33. The van der Waals surface area contributed by atoms with E-state index < -0.39 is 0 Å². The van der Waals surface area contributed by atoms with Crippen LogP contribution in [0.1, 0.15) is 28.9 Å². The number of piperidine rings is 1. The molecule has 1 N–H and O–H groups in total. The minimum atomic E-state index is -0.0480. The highest BCUT2D eigenvalue weighted by Gasteiger charge is 2.21. The van der Waals surface area contributed by atoms with Gasteiger partial charge in [0.25, 0.3) is 5.91 Å². The van der Waals surface area contributed by atoms with Crippen molar-refractivity contribution in [1.82, 2.24) is 15.2 Å². The minimum absolute atomic E-state index is 0.0480. The number of carbonyl (C=O) groups is 1. The van der Waals surface area contributed by atoms with Crippen molar-refractivity contribution in [2.24, 2.45) is 0 Å². The van der Waals surface area contributed by atoms with Crippen molar-refractivity contribution < 1.29 is 9.21 Å². The number of nitrogens with one attached hydrogen (secondary N) is 1. The van der Waals surface area contributed by atoms with Crippen LogP contribution in [-0.4, -0.2) is 41.5 Å². The van der Waals surface area contributed by atoms with Gasteiger partial charge in [0.05, 0.1) is 17.5 Å². The fraction of sp³-hybridized carbons (Fsp3) is 0.368. The van der Waals surface area contributed by atoms with Crippen LogP contribution in [0, 0.1) is 6.92 Å². The molecule has 1 saturated heterocycles. The summed E-state index contributed by atoms with van der Waals surface area (Å²) in [5.74, 6) is 0.660. The molecule has 2 aromatic heterocycles. The van der Waals surface area contributed by atoms with Crippen molar-refractivity contribution in [2.75, 3.05) is 19.6 Å². The summed E-state index contributed by atoms with van der Waals surface area (Å²) >= 11 is 0. The maximum absolute atomic E-state index is 12.5. The topological polar surface area (TPSA) is 58.4 Å². The molecule has 0 unspecified atom stereocenters. The van der Waals surface area contributed by atoms with E-state index >= 15 is 0 Å². The molecule has 24 heavy (non-hydrogen) atoms. The van der Waals surface area contributed by atoms with Gasteiger partial charge in [-0.3, -0.25) is 9.69 Å². The Labute approximate surface area is 142 Å². The van der Waals surface area contributed by atoms with Gasteiger partial charge in [0.2, 0.25) is 0 Å². The van der Waals surface area contributed by atoms with Gasteiger partial charge in [0.15, 0.2) is 5.76 Å². The second-order valence-corrected chi connectivity index (χ2v) is 6.14. The van der Waals surface area contributed by atoms with E-state index in [1.165, 1.54) is 0 Å². The Morgan fingerprint density at radius 1 is 1.42 bits per heavy atom. The van der Waals surface area contributed by atoms with Crippen molar-refractivity contribution in [2.45, 2.75) is 25.8 Å². The van der Waals surface area contributed by atoms with Gasteiger partial charge < -0.3 is 9.73 Å². The number of carbonyl (C=O) groups excluding carboxylic acids is 1. The number of nitrogens with zero attached hydrogens (tertiary/aromatic N) is 2. The first-order chi connectivity index (χ1) is 11.7. The number of amides is 1. The largest absolute Gasteiger partial charge is 0.463 e. The molecule has 1 aliphatic rings. The Hall–Kier alpha value is -2.40. The number of pyridine rings is 1. The maximum atomic E-state index is 12.5. The van der Waals surface area contributed by atoms with E-state index in [0.717, 1.165) is 38.2 Å². The Morgan fingerprint density at radius 2 is 2.21 bits per heavy atom. The molecule has 5 nitrogen and oxygen atoms in total. The molecule has 0 bridgehead atoms. The first kappa shape index (κ1) is 16.5. The van der Waals surface area contributed by atoms with E-state index in [-0.39, 0.29) is 11.9 Å². The molecule has 1 fully saturated rings. The quantitative estimate of drug-likeness (QED) is 0.859. The van der Waals surface area contributed by atoms with Crippen molar-refractivity contribution in [3.63, 3.8) is 0 Å². The molecule has 0 radical (unpaired) electrons. The number of furan rings is 1. The van der Waals surface area contributed by atoms with Gasteiger partial charge in [0, 0.05) is 25.7 Å². The first-order valence-electron chi connectivity index (χ1n) is 8.33. The maximum Gasteiger partial charge on any atom is 0.253 e. The van der Waals surface area contributed by atoms with E-state index in [2.05, 4.69) is 21.8 Å². The summed E-state index contributed by atoms with van der Waals surface area (Å²) in [5.41, 5.74) is 2.08. The normalized spacial score (nSPS) is 16.0.